The number of aromatic amines is 1. The van der Waals surface area contributed by atoms with E-state index in [0.717, 1.165) is 11.1 Å². The number of benzene rings is 1. The number of aromatic nitrogens is 2. The van der Waals surface area contributed by atoms with Gasteiger partial charge in [0.15, 0.2) is 0 Å². The molecule has 5 heteroatoms. The fourth-order valence-electron chi connectivity index (χ4n) is 2.03. The number of ether oxygens (including phenoxy) is 1. The van der Waals surface area contributed by atoms with Crippen LogP contribution >= 0.6 is 0 Å². The van der Waals surface area contributed by atoms with Crippen molar-refractivity contribution in [2.75, 3.05) is 12.4 Å². The Hall–Kier alpha value is -2.14. The van der Waals surface area contributed by atoms with Crippen LogP contribution in [0.25, 0.3) is 0 Å². The lowest BCUT2D eigenvalue weighted by atomic mass is 10.1. The summed E-state index contributed by atoms with van der Waals surface area (Å²) in [5.41, 5.74) is 2.11. The lowest BCUT2D eigenvalue weighted by Crippen LogP contribution is -2.14. The summed E-state index contributed by atoms with van der Waals surface area (Å²) in [7, 11) is 1.68. The van der Waals surface area contributed by atoms with Gasteiger partial charge in [0.05, 0.1) is 6.61 Å². The second-order valence-corrected chi connectivity index (χ2v) is 5.28. The van der Waals surface area contributed by atoms with Crippen LogP contribution in [0.1, 0.15) is 36.7 Å². The standard InChI is InChI=1S/C16H21N3O2/c1-11(2)16-18-14(8-15(20)19-16)17-9-12-5-4-6-13(7-12)10-21-3/h4-8,11H,9-10H2,1-3H3,(H2,17,18,19,20). The first kappa shape index (κ1) is 15.3. The monoisotopic (exact) mass is 287 g/mol. The van der Waals surface area contributed by atoms with Gasteiger partial charge in [-0.25, -0.2) is 4.98 Å². The lowest BCUT2D eigenvalue weighted by molar-refractivity contribution is 0.185. The van der Waals surface area contributed by atoms with Crippen LogP contribution in [0.15, 0.2) is 35.1 Å². The summed E-state index contributed by atoms with van der Waals surface area (Å²) in [5.74, 6) is 1.47. The fourth-order valence-corrected chi connectivity index (χ4v) is 2.03. The molecule has 21 heavy (non-hydrogen) atoms. The van der Waals surface area contributed by atoms with Gasteiger partial charge in [0.2, 0.25) is 0 Å². The smallest absolute Gasteiger partial charge is 0.252 e. The summed E-state index contributed by atoms with van der Waals surface area (Å²) >= 11 is 0. The molecule has 0 saturated carbocycles. The zero-order valence-electron chi connectivity index (χ0n) is 12.6. The predicted molar refractivity (Wildman–Crippen MR) is 83.4 cm³/mol. The van der Waals surface area contributed by atoms with Gasteiger partial charge in [-0.3, -0.25) is 4.79 Å². The van der Waals surface area contributed by atoms with E-state index >= 15 is 0 Å². The zero-order valence-corrected chi connectivity index (χ0v) is 12.6. The molecule has 1 heterocycles. The van der Waals surface area contributed by atoms with Crippen molar-refractivity contribution >= 4 is 5.82 Å². The first-order chi connectivity index (χ1) is 10.1. The van der Waals surface area contributed by atoms with Crippen LogP contribution in [0.2, 0.25) is 0 Å². The molecule has 0 atom stereocenters. The third-order valence-corrected chi connectivity index (χ3v) is 3.08. The SMILES string of the molecule is COCc1cccc(CNc2cc(=O)[nH]c(C(C)C)n2)c1. The maximum absolute atomic E-state index is 11.6. The van der Waals surface area contributed by atoms with E-state index in [-0.39, 0.29) is 11.5 Å². The van der Waals surface area contributed by atoms with E-state index in [1.165, 1.54) is 6.07 Å². The summed E-state index contributed by atoms with van der Waals surface area (Å²) in [4.78, 5) is 18.8. The van der Waals surface area contributed by atoms with E-state index in [2.05, 4.69) is 21.4 Å². The van der Waals surface area contributed by atoms with E-state index in [0.29, 0.717) is 24.8 Å². The predicted octanol–water partition coefficient (Wildman–Crippen LogP) is 2.65. The highest BCUT2D eigenvalue weighted by molar-refractivity contribution is 5.35. The largest absolute Gasteiger partial charge is 0.380 e. The van der Waals surface area contributed by atoms with Gasteiger partial charge in [-0.05, 0) is 11.1 Å². The van der Waals surface area contributed by atoms with Gasteiger partial charge >= 0.3 is 0 Å². The summed E-state index contributed by atoms with van der Waals surface area (Å²) in [6, 6.07) is 9.60. The quantitative estimate of drug-likeness (QED) is 0.857. The molecule has 0 fully saturated rings. The van der Waals surface area contributed by atoms with Crippen LogP contribution in [0.5, 0.6) is 0 Å². The molecule has 0 saturated heterocycles. The minimum absolute atomic E-state index is 0.135. The summed E-state index contributed by atoms with van der Waals surface area (Å²) in [6.45, 7) is 5.20. The number of nitrogens with one attached hydrogen (secondary N) is 2. The molecule has 0 unspecified atom stereocenters. The van der Waals surface area contributed by atoms with Gasteiger partial charge in [0.25, 0.3) is 5.56 Å². The molecule has 1 aromatic heterocycles. The van der Waals surface area contributed by atoms with Crippen molar-refractivity contribution in [3.63, 3.8) is 0 Å². The molecule has 112 valence electrons. The molecule has 2 aromatic rings. The molecule has 0 amide bonds. The van der Waals surface area contributed by atoms with E-state index < -0.39 is 0 Å². The number of nitrogens with zero attached hydrogens (tertiary/aromatic N) is 1. The van der Waals surface area contributed by atoms with Crippen LogP contribution in [0, 0.1) is 0 Å². The van der Waals surface area contributed by atoms with Crippen LogP contribution in [0.4, 0.5) is 5.82 Å². The van der Waals surface area contributed by atoms with Crippen LogP contribution in [-0.4, -0.2) is 17.1 Å². The first-order valence-electron chi connectivity index (χ1n) is 7.00. The second-order valence-electron chi connectivity index (χ2n) is 5.28. The van der Waals surface area contributed by atoms with E-state index in [4.69, 9.17) is 4.74 Å². The van der Waals surface area contributed by atoms with Crippen molar-refractivity contribution < 1.29 is 4.74 Å². The molecule has 2 rings (SSSR count). The minimum Gasteiger partial charge on any atom is -0.380 e. The van der Waals surface area contributed by atoms with E-state index in [1.54, 1.807) is 7.11 Å². The third-order valence-electron chi connectivity index (χ3n) is 3.08. The number of hydrogen-bond acceptors (Lipinski definition) is 4. The van der Waals surface area contributed by atoms with Crippen molar-refractivity contribution in [3.8, 4) is 0 Å². The Morgan fingerprint density at radius 3 is 2.76 bits per heavy atom. The number of anilines is 1. The van der Waals surface area contributed by atoms with Crippen LogP contribution in [0.3, 0.4) is 0 Å². The molecule has 0 spiro atoms. The molecule has 0 radical (unpaired) electrons. The van der Waals surface area contributed by atoms with Crippen molar-refractivity contribution in [2.45, 2.75) is 32.9 Å². The highest BCUT2D eigenvalue weighted by Crippen LogP contribution is 2.11. The van der Waals surface area contributed by atoms with Gasteiger partial charge in [0, 0.05) is 25.6 Å². The average molecular weight is 287 g/mol. The third kappa shape index (κ3) is 4.43. The summed E-state index contributed by atoms with van der Waals surface area (Å²) < 4.78 is 5.13. The van der Waals surface area contributed by atoms with Gasteiger partial charge in [-0.15, -0.1) is 0 Å². The molecular weight excluding hydrogens is 266 g/mol. The number of methoxy groups -OCH3 is 1. The first-order valence-corrected chi connectivity index (χ1v) is 7.00. The van der Waals surface area contributed by atoms with Crippen molar-refractivity contribution in [1.82, 2.24) is 9.97 Å². The van der Waals surface area contributed by atoms with Gasteiger partial charge in [-0.2, -0.15) is 0 Å². The number of hydrogen-bond donors (Lipinski definition) is 2. The Morgan fingerprint density at radius 1 is 1.29 bits per heavy atom. The fraction of sp³-hybridized carbons (Fsp3) is 0.375. The zero-order chi connectivity index (χ0) is 15.2. The topological polar surface area (TPSA) is 67.0 Å². The Kier molecular flexibility index (Phi) is 5.11. The molecule has 0 aliphatic heterocycles. The summed E-state index contributed by atoms with van der Waals surface area (Å²) in [6.07, 6.45) is 0. The van der Waals surface area contributed by atoms with E-state index in [9.17, 15) is 4.79 Å². The van der Waals surface area contributed by atoms with Crippen LogP contribution < -0.4 is 10.9 Å². The number of H-pyrrole nitrogens is 1. The molecule has 2 N–H and O–H groups in total. The van der Waals surface area contributed by atoms with Gasteiger partial charge in [0.1, 0.15) is 11.6 Å². The highest BCUT2D eigenvalue weighted by atomic mass is 16.5. The lowest BCUT2D eigenvalue weighted by Gasteiger charge is -2.10. The molecule has 0 aliphatic rings. The van der Waals surface area contributed by atoms with Crippen LogP contribution in [-0.2, 0) is 17.9 Å². The highest BCUT2D eigenvalue weighted by Gasteiger charge is 2.05. The maximum atomic E-state index is 11.6. The Morgan fingerprint density at radius 2 is 2.05 bits per heavy atom. The van der Waals surface area contributed by atoms with Crippen molar-refractivity contribution in [3.05, 3.63) is 57.6 Å². The Labute approximate surface area is 124 Å². The normalized spacial score (nSPS) is 10.9. The second kappa shape index (κ2) is 7.04. The molecule has 0 aliphatic carbocycles. The van der Waals surface area contributed by atoms with E-state index in [1.807, 2.05) is 32.0 Å². The van der Waals surface area contributed by atoms with Gasteiger partial charge in [-0.1, -0.05) is 38.1 Å². The Balaban J connectivity index is 2.09. The minimum atomic E-state index is -0.135. The maximum Gasteiger partial charge on any atom is 0.252 e. The van der Waals surface area contributed by atoms with Gasteiger partial charge < -0.3 is 15.0 Å². The molecule has 0 bridgehead atoms. The molecular formula is C16H21N3O2. The number of rotatable bonds is 6. The summed E-state index contributed by atoms with van der Waals surface area (Å²) in [5, 5.41) is 3.19. The molecule has 1 aromatic carbocycles. The average Bonchev–Trinajstić information content (AvgIpc) is 2.45. The van der Waals surface area contributed by atoms with Crippen molar-refractivity contribution in [1.29, 1.82) is 0 Å². The molecule has 5 nitrogen and oxygen atoms in total. The van der Waals surface area contributed by atoms with Crippen molar-refractivity contribution in [2.24, 2.45) is 0 Å². The Bertz CT molecular complexity index is 650.